The Balaban J connectivity index is 2.29. The highest BCUT2D eigenvalue weighted by molar-refractivity contribution is 5.67. The molecule has 76 valence electrons. The summed E-state index contributed by atoms with van der Waals surface area (Å²) < 4.78 is 0. The summed E-state index contributed by atoms with van der Waals surface area (Å²) >= 11 is 0. The maximum Gasteiger partial charge on any atom is 0.149 e. The van der Waals surface area contributed by atoms with Crippen LogP contribution in [0.3, 0.4) is 0 Å². The molecule has 1 aliphatic rings. The van der Waals surface area contributed by atoms with Crippen molar-refractivity contribution in [2.45, 2.75) is 6.42 Å². The summed E-state index contributed by atoms with van der Waals surface area (Å²) in [4.78, 5) is 6.62. The number of aliphatic hydroxyl groups excluding tert-OH is 1. The van der Waals surface area contributed by atoms with Crippen molar-refractivity contribution >= 4 is 11.5 Å². The lowest BCUT2D eigenvalue weighted by atomic mass is 10.2. The molecule has 14 heavy (non-hydrogen) atoms. The molecule has 0 bridgehead atoms. The molecule has 4 heteroatoms. The van der Waals surface area contributed by atoms with Crippen LogP contribution >= 0.6 is 0 Å². The van der Waals surface area contributed by atoms with Gasteiger partial charge >= 0.3 is 0 Å². The van der Waals surface area contributed by atoms with E-state index in [-0.39, 0.29) is 6.61 Å². The molecule has 0 saturated carbocycles. The normalized spacial score (nSPS) is 14.9. The van der Waals surface area contributed by atoms with Gasteiger partial charge in [-0.3, -0.25) is 0 Å². The lowest BCUT2D eigenvalue weighted by Gasteiger charge is -2.27. The molecule has 0 radical (unpaired) electrons. The molecule has 0 spiro atoms. The van der Waals surface area contributed by atoms with Gasteiger partial charge in [-0.2, -0.15) is 0 Å². The fourth-order valence-electron chi connectivity index (χ4n) is 1.65. The van der Waals surface area contributed by atoms with Crippen LogP contribution in [0.5, 0.6) is 0 Å². The van der Waals surface area contributed by atoms with Crippen molar-refractivity contribution in [3.05, 3.63) is 17.8 Å². The quantitative estimate of drug-likeness (QED) is 0.717. The molecule has 4 nitrogen and oxygen atoms in total. The third-order valence-corrected chi connectivity index (χ3v) is 2.45. The second-order valence-electron chi connectivity index (χ2n) is 3.49. The molecule has 1 aromatic heterocycles. The van der Waals surface area contributed by atoms with Crippen molar-refractivity contribution in [2.75, 3.05) is 37.0 Å². The van der Waals surface area contributed by atoms with E-state index in [4.69, 9.17) is 5.11 Å². The fraction of sp³-hybridized carbons (Fsp3) is 0.500. The Morgan fingerprint density at radius 1 is 1.57 bits per heavy atom. The van der Waals surface area contributed by atoms with Gasteiger partial charge < -0.3 is 15.3 Å². The van der Waals surface area contributed by atoms with Crippen LogP contribution in [0.4, 0.5) is 11.5 Å². The number of pyridine rings is 1. The van der Waals surface area contributed by atoms with E-state index in [9.17, 15) is 0 Å². The number of hydrogen-bond donors (Lipinski definition) is 2. The predicted octanol–water partition coefficient (Wildman–Crippen LogP) is 0.478. The van der Waals surface area contributed by atoms with E-state index in [1.807, 2.05) is 6.07 Å². The Kier molecular flexibility index (Phi) is 2.54. The third-order valence-electron chi connectivity index (χ3n) is 2.45. The zero-order valence-electron chi connectivity index (χ0n) is 8.32. The average Bonchev–Trinajstić information content (AvgIpc) is 2.18. The summed E-state index contributed by atoms with van der Waals surface area (Å²) in [6.45, 7) is 2.09. The number of anilines is 2. The molecule has 0 unspecified atom stereocenters. The van der Waals surface area contributed by atoms with Crippen LogP contribution in [0.2, 0.25) is 0 Å². The summed E-state index contributed by atoms with van der Waals surface area (Å²) in [5.74, 6) is 0.935. The molecule has 1 aromatic rings. The fourth-order valence-corrected chi connectivity index (χ4v) is 1.65. The van der Waals surface area contributed by atoms with Crippen molar-refractivity contribution in [1.82, 2.24) is 4.98 Å². The number of aliphatic hydroxyl groups is 1. The third kappa shape index (κ3) is 1.65. The van der Waals surface area contributed by atoms with Gasteiger partial charge in [0.15, 0.2) is 0 Å². The molecular formula is C10H15N3O. The minimum absolute atomic E-state index is 0.154. The number of likely N-dealkylation sites (N-methyl/N-ethyl adjacent to an activating group) is 1. The highest BCUT2D eigenvalue weighted by Gasteiger charge is 2.13. The zero-order chi connectivity index (χ0) is 9.97. The SMILES string of the molecule is CN1CCNc2nc(CCO)ccc21. The lowest BCUT2D eigenvalue weighted by molar-refractivity contribution is 0.298. The van der Waals surface area contributed by atoms with Gasteiger partial charge in [0.05, 0.1) is 5.69 Å². The molecule has 0 amide bonds. The van der Waals surface area contributed by atoms with E-state index in [0.29, 0.717) is 6.42 Å². The van der Waals surface area contributed by atoms with Crippen molar-refractivity contribution in [2.24, 2.45) is 0 Å². The highest BCUT2D eigenvalue weighted by atomic mass is 16.3. The molecule has 2 heterocycles. The first-order valence-electron chi connectivity index (χ1n) is 4.87. The predicted molar refractivity (Wildman–Crippen MR) is 56.8 cm³/mol. The highest BCUT2D eigenvalue weighted by Crippen LogP contribution is 2.25. The molecule has 0 atom stereocenters. The van der Waals surface area contributed by atoms with E-state index in [2.05, 4.69) is 28.3 Å². The van der Waals surface area contributed by atoms with E-state index in [1.54, 1.807) is 0 Å². The Labute approximate surface area is 83.6 Å². The summed E-state index contributed by atoms with van der Waals surface area (Å²) in [6, 6.07) is 4.03. The van der Waals surface area contributed by atoms with Crippen LogP contribution in [0.1, 0.15) is 5.69 Å². The number of nitrogens with zero attached hydrogens (tertiary/aromatic N) is 2. The van der Waals surface area contributed by atoms with Crippen molar-refractivity contribution in [1.29, 1.82) is 0 Å². The molecule has 0 aromatic carbocycles. The summed E-state index contributed by atoms with van der Waals surface area (Å²) in [5, 5.41) is 12.1. The molecule has 0 fully saturated rings. The van der Waals surface area contributed by atoms with Crippen LogP contribution in [0.15, 0.2) is 12.1 Å². The smallest absolute Gasteiger partial charge is 0.149 e. The molecule has 0 saturated heterocycles. The minimum Gasteiger partial charge on any atom is -0.396 e. The van der Waals surface area contributed by atoms with Crippen LogP contribution < -0.4 is 10.2 Å². The number of hydrogen-bond acceptors (Lipinski definition) is 4. The Hall–Kier alpha value is -1.29. The average molecular weight is 193 g/mol. The summed E-state index contributed by atoms with van der Waals surface area (Å²) in [7, 11) is 2.06. The van der Waals surface area contributed by atoms with Gasteiger partial charge in [-0.15, -0.1) is 0 Å². The van der Waals surface area contributed by atoms with Gasteiger partial charge in [-0.05, 0) is 12.1 Å². The second kappa shape index (κ2) is 3.84. The number of nitrogens with one attached hydrogen (secondary N) is 1. The summed E-state index contributed by atoms with van der Waals surface area (Å²) in [5.41, 5.74) is 2.08. The largest absolute Gasteiger partial charge is 0.396 e. The van der Waals surface area contributed by atoms with Crippen molar-refractivity contribution in [3.63, 3.8) is 0 Å². The topological polar surface area (TPSA) is 48.4 Å². The maximum absolute atomic E-state index is 8.80. The second-order valence-corrected chi connectivity index (χ2v) is 3.49. The zero-order valence-corrected chi connectivity index (χ0v) is 8.32. The van der Waals surface area contributed by atoms with E-state index in [0.717, 1.165) is 30.3 Å². The standard InChI is InChI=1S/C10H15N3O/c1-13-6-5-11-10-9(13)3-2-8(12-10)4-7-14/h2-3,14H,4-7H2,1H3,(H,11,12). The van der Waals surface area contributed by atoms with E-state index in [1.165, 1.54) is 0 Å². The molecule has 2 rings (SSSR count). The Bertz CT molecular complexity index is 327. The van der Waals surface area contributed by atoms with E-state index >= 15 is 0 Å². The van der Waals surface area contributed by atoms with Gasteiger partial charge in [0.1, 0.15) is 5.82 Å². The molecule has 2 N–H and O–H groups in total. The summed E-state index contributed by atoms with van der Waals surface area (Å²) in [6.07, 6.45) is 0.624. The van der Waals surface area contributed by atoms with Gasteiger partial charge in [-0.1, -0.05) is 0 Å². The van der Waals surface area contributed by atoms with Crippen LogP contribution in [-0.2, 0) is 6.42 Å². The lowest BCUT2D eigenvalue weighted by Crippen LogP contribution is -2.31. The Morgan fingerprint density at radius 2 is 2.43 bits per heavy atom. The number of rotatable bonds is 2. The van der Waals surface area contributed by atoms with Crippen molar-refractivity contribution < 1.29 is 5.11 Å². The van der Waals surface area contributed by atoms with Crippen LogP contribution in [0, 0.1) is 0 Å². The van der Waals surface area contributed by atoms with Gasteiger partial charge in [-0.25, -0.2) is 4.98 Å². The first kappa shape index (κ1) is 9.27. The van der Waals surface area contributed by atoms with E-state index < -0.39 is 0 Å². The number of aromatic nitrogens is 1. The van der Waals surface area contributed by atoms with Gasteiger partial charge in [0, 0.05) is 38.9 Å². The first-order valence-corrected chi connectivity index (χ1v) is 4.87. The first-order chi connectivity index (χ1) is 6.81. The molecular weight excluding hydrogens is 178 g/mol. The monoisotopic (exact) mass is 193 g/mol. The van der Waals surface area contributed by atoms with Crippen LogP contribution in [-0.4, -0.2) is 36.8 Å². The van der Waals surface area contributed by atoms with Gasteiger partial charge in [0.2, 0.25) is 0 Å². The molecule has 1 aliphatic heterocycles. The minimum atomic E-state index is 0.154. The number of fused-ring (bicyclic) bond motifs is 1. The van der Waals surface area contributed by atoms with Crippen molar-refractivity contribution in [3.8, 4) is 0 Å². The van der Waals surface area contributed by atoms with Crippen LogP contribution in [0.25, 0.3) is 0 Å². The maximum atomic E-state index is 8.80. The Morgan fingerprint density at radius 3 is 3.21 bits per heavy atom. The molecule has 0 aliphatic carbocycles. The van der Waals surface area contributed by atoms with Gasteiger partial charge in [0.25, 0.3) is 0 Å².